The number of fused-ring (bicyclic) bond motifs is 1. The smallest absolute Gasteiger partial charge is 0.371 e. The van der Waals surface area contributed by atoms with Crippen LogP contribution in [0.15, 0.2) is 57.7 Å². The highest BCUT2D eigenvalue weighted by Gasteiger charge is 2.18. The van der Waals surface area contributed by atoms with Crippen molar-refractivity contribution in [3.8, 4) is 5.75 Å². The molecule has 0 saturated carbocycles. The van der Waals surface area contributed by atoms with Crippen molar-refractivity contribution in [1.82, 2.24) is 0 Å². The second-order valence-electron chi connectivity index (χ2n) is 6.85. The molecule has 1 atom stereocenters. The van der Waals surface area contributed by atoms with Crippen LogP contribution in [0.5, 0.6) is 5.75 Å². The van der Waals surface area contributed by atoms with Crippen molar-refractivity contribution in [2.24, 2.45) is 0 Å². The molecule has 0 aliphatic heterocycles. The molecule has 156 valence electrons. The molecule has 0 saturated heterocycles. The number of esters is 1. The molecule has 0 radical (unpaired) electrons. The van der Waals surface area contributed by atoms with E-state index in [4.69, 9.17) is 13.9 Å². The Morgan fingerprint density at radius 3 is 2.53 bits per heavy atom. The van der Waals surface area contributed by atoms with Crippen LogP contribution in [0.2, 0.25) is 0 Å². The van der Waals surface area contributed by atoms with Crippen LogP contribution in [0.3, 0.4) is 0 Å². The number of carbonyl (C=O) groups is 2. The van der Waals surface area contributed by atoms with Gasteiger partial charge in [-0.2, -0.15) is 0 Å². The van der Waals surface area contributed by atoms with E-state index in [1.54, 1.807) is 49.4 Å². The lowest BCUT2D eigenvalue weighted by Crippen LogP contribution is -2.22. The summed E-state index contributed by atoms with van der Waals surface area (Å²) in [6.45, 7) is 3.67. The number of carbonyl (C=O) groups excluding carboxylic acids is 1. The molecule has 0 fully saturated rings. The van der Waals surface area contributed by atoms with Crippen molar-refractivity contribution in [3.05, 3.63) is 75.6 Å². The van der Waals surface area contributed by atoms with Gasteiger partial charge in [0.2, 0.25) is 5.76 Å². The van der Waals surface area contributed by atoms with Crippen LogP contribution in [0.1, 0.15) is 46.7 Å². The number of aryl methyl sites for hydroxylation is 1. The summed E-state index contributed by atoms with van der Waals surface area (Å²) in [4.78, 5) is 36.0. The molecular weight excluding hydrogens is 388 g/mol. The molecule has 7 heteroatoms. The molecule has 0 amide bonds. The van der Waals surface area contributed by atoms with Gasteiger partial charge in [0.1, 0.15) is 29.4 Å². The van der Waals surface area contributed by atoms with Gasteiger partial charge in [-0.3, -0.25) is 4.79 Å². The maximum absolute atomic E-state index is 12.6. The largest absolute Gasteiger partial charge is 0.489 e. The topological polar surface area (TPSA) is 103 Å². The summed E-state index contributed by atoms with van der Waals surface area (Å²) in [5.41, 5.74) is 0.855. The zero-order valence-electron chi connectivity index (χ0n) is 16.7. The van der Waals surface area contributed by atoms with Gasteiger partial charge in [0.25, 0.3) is 0 Å². The van der Waals surface area contributed by atoms with E-state index < -0.39 is 29.2 Å². The Balaban J connectivity index is 1.84. The van der Waals surface area contributed by atoms with Crippen molar-refractivity contribution < 1.29 is 28.6 Å². The molecule has 0 aliphatic rings. The first-order valence-electron chi connectivity index (χ1n) is 9.62. The third kappa shape index (κ3) is 4.68. The van der Waals surface area contributed by atoms with E-state index in [0.29, 0.717) is 12.0 Å². The molecule has 0 aliphatic carbocycles. The van der Waals surface area contributed by atoms with Crippen LogP contribution in [-0.2, 0) is 11.2 Å². The molecule has 30 heavy (non-hydrogen) atoms. The Bertz CT molecular complexity index is 1120. The second kappa shape index (κ2) is 9.26. The SMILES string of the molecule is CCCc1ccc(OCC(C)OC(=O)c2ccccc2)c2c(=O)cc(C(=O)O)oc12. The number of carboxylic acids is 1. The van der Waals surface area contributed by atoms with Gasteiger partial charge in [-0.15, -0.1) is 0 Å². The number of carboxylic acid groups (broad SMARTS) is 1. The van der Waals surface area contributed by atoms with Gasteiger partial charge in [-0.1, -0.05) is 37.6 Å². The minimum Gasteiger partial charge on any atom is -0.489 e. The lowest BCUT2D eigenvalue weighted by Gasteiger charge is -2.16. The summed E-state index contributed by atoms with van der Waals surface area (Å²) < 4.78 is 16.6. The highest BCUT2D eigenvalue weighted by atomic mass is 16.6. The van der Waals surface area contributed by atoms with E-state index >= 15 is 0 Å². The molecule has 2 aromatic carbocycles. The average Bonchev–Trinajstić information content (AvgIpc) is 2.73. The number of hydrogen-bond acceptors (Lipinski definition) is 6. The first kappa shape index (κ1) is 21.1. The fourth-order valence-corrected chi connectivity index (χ4v) is 3.05. The van der Waals surface area contributed by atoms with Crippen molar-refractivity contribution >= 4 is 22.9 Å². The predicted octanol–water partition coefficient (Wildman–Crippen LogP) is 4.07. The van der Waals surface area contributed by atoms with E-state index in [9.17, 15) is 19.5 Å². The Kier molecular flexibility index (Phi) is 6.51. The van der Waals surface area contributed by atoms with Crippen LogP contribution in [-0.4, -0.2) is 29.8 Å². The minimum atomic E-state index is -1.32. The van der Waals surface area contributed by atoms with Crippen LogP contribution < -0.4 is 10.2 Å². The molecule has 0 bridgehead atoms. The number of aromatic carboxylic acids is 1. The van der Waals surface area contributed by atoms with E-state index in [1.165, 1.54) is 0 Å². The molecule has 1 unspecified atom stereocenters. The fraction of sp³-hybridized carbons (Fsp3) is 0.261. The van der Waals surface area contributed by atoms with Crippen molar-refractivity contribution in [3.63, 3.8) is 0 Å². The molecule has 0 spiro atoms. The second-order valence-corrected chi connectivity index (χ2v) is 6.85. The highest BCUT2D eigenvalue weighted by Crippen LogP contribution is 2.28. The van der Waals surface area contributed by atoms with Gasteiger partial charge in [0.15, 0.2) is 5.43 Å². The van der Waals surface area contributed by atoms with Crippen molar-refractivity contribution in [1.29, 1.82) is 0 Å². The maximum Gasteiger partial charge on any atom is 0.371 e. The standard InChI is InChI=1S/C23H22O7/c1-3-7-15-10-11-18(20-17(24)12-19(22(25)26)30-21(15)20)28-13-14(2)29-23(27)16-8-5-4-6-9-16/h4-6,8-12,14H,3,7,13H2,1-2H3,(H,25,26). The van der Waals surface area contributed by atoms with E-state index in [2.05, 4.69) is 0 Å². The summed E-state index contributed by atoms with van der Waals surface area (Å²) in [5.74, 6) is -1.96. The van der Waals surface area contributed by atoms with Gasteiger partial charge in [0.05, 0.1) is 5.56 Å². The molecule has 7 nitrogen and oxygen atoms in total. The first-order valence-corrected chi connectivity index (χ1v) is 9.62. The summed E-state index contributed by atoms with van der Waals surface area (Å²) in [6, 6.07) is 12.9. The number of ether oxygens (including phenoxy) is 2. The summed E-state index contributed by atoms with van der Waals surface area (Å²) in [5, 5.41) is 9.37. The third-order valence-electron chi connectivity index (χ3n) is 4.44. The monoisotopic (exact) mass is 410 g/mol. The Labute approximate surface area is 172 Å². The summed E-state index contributed by atoms with van der Waals surface area (Å²) >= 11 is 0. The van der Waals surface area contributed by atoms with Gasteiger partial charge in [-0.25, -0.2) is 9.59 Å². The van der Waals surface area contributed by atoms with Crippen LogP contribution in [0, 0.1) is 0 Å². The number of benzene rings is 2. The van der Waals surface area contributed by atoms with Crippen LogP contribution >= 0.6 is 0 Å². The van der Waals surface area contributed by atoms with Gasteiger partial charge >= 0.3 is 11.9 Å². The lowest BCUT2D eigenvalue weighted by molar-refractivity contribution is 0.0230. The zero-order chi connectivity index (χ0) is 21.7. The Morgan fingerprint density at radius 1 is 1.13 bits per heavy atom. The predicted molar refractivity (Wildman–Crippen MR) is 110 cm³/mol. The Hall–Kier alpha value is -3.61. The quantitative estimate of drug-likeness (QED) is 0.558. The van der Waals surface area contributed by atoms with Crippen molar-refractivity contribution in [2.75, 3.05) is 6.61 Å². The fourth-order valence-electron chi connectivity index (χ4n) is 3.05. The lowest BCUT2D eigenvalue weighted by atomic mass is 10.1. The van der Waals surface area contributed by atoms with E-state index in [-0.39, 0.29) is 23.3 Å². The third-order valence-corrected chi connectivity index (χ3v) is 4.44. The molecule has 3 aromatic rings. The van der Waals surface area contributed by atoms with Crippen molar-refractivity contribution in [2.45, 2.75) is 32.8 Å². The van der Waals surface area contributed by atoms with Crippen LogP contribution in [0.25, 0.3) is 11.0 Å². The highest BCUT2D eigenvalue weighted by molar-refractivity contribution is 5.91. The molecule has 1 heterocycles. The number of rotatable bonds is 8. The van der Waals surface area contributed by atoms with E-state index in [0.717, 1.165) is 18.1 Å². The van der Waals surface area contributed by atoms with E-state index in [1.807, 2.05) is 6.92 Å². The Morgan fingerprint density at radius 2 is 1.87 bits per heavy atom. The van der Waals surface area contributed by atoms with Gasteiger partial charge in [0, 0.05) is 6.07 Å². The number of hydrogen-bond donors (Lipinski definition) is 1. The molecule has 1 N–H and O–H groups in total. The van der Waals surface area contributed by atoms with Gasteiger partial charge in [-0.05, 0) is 37.1 Å². The summed E-state index contributed by atoms with van der Waals surface area (Å²) in [6.07, 6.45) is 0.838. The molecular formula is C23H22O7. The maximum atomic E-state index is 12.6. The first-order chi connectivity index (χ1) is 14.4. The van der Waals surface area contributed by atoms with Crippen LogP contribution in [0.4, 0.5) is 0 Å². The minimum absolute atomic E-state index is 0.0148. The average molecular weight is 410 g/mol. The zero-order valence-corrected chi connectivity index (χ0v) is 16.7. The molecule has 1 aromatic heterocycles. The van der Waals surface area contributed by atoms with Gasteiger partial charge < -0.3 is 19.0 Å². The normalized spacial score (nSPS) is 11.8. The molecule has 3 rings (SSSR count). The summed E-state index contributed by atoms with van der Waals surface area (Å²) in [7, 11) is 0.